The number of rotatable bonds is 3. The van der Waals surface area contributed by atoms with Crippen molar-refractivity contribution in [1.29, 1.82) is 0 Å². The van der Waals surface area contributed by atoms with E-state index < -0.39 is 15.6 Å². The zero-order chi connectivity index (χ0) is 18.1. The van der Waals surface area contributed by atoms with Crippen LogP contribution in [0.15, 0.2) is 62.6 Å². The van der Waals surface area contributed by atoms with E-state index in [-0.39, 0.29) is 10.8 Å². The van der Waals surface area contributed by atoms with E-state index in [1.54, 1.807) is 42.5 Å². The van der Waals surface area contributed by atoms with E-state index in [1.165, 1.54) is 10.4 Å². The summed E-state index contributed by atoms with van der Waals surface area (Å²) in [6.45, 7) is 1.08. The van der Waals surface area contributed by atoms with Crippen LogP contribution in [0.1, 0.15) is 19.3 Å². The van der Waals surface area contributed by atoms with E-state index in [2.05, 4.69) is 4.98 Å². The van der Waals surface area contributed by atoms with Crippen LogP contribution in [0, 0.1) is 0 Å². The maximum absolute atomic E-state index is 12.9. The molecule has 1 aliphatic heterocycles. The van der Waals surface area contributed by atoms with Crippen molar-refractivity contribution in [3.8, 4) is 11.5 Å². The molecule has 0 N–H and O–H groups in total. The fourth-order valence-corrected chi connectivity index (χ4v) is 4.75. The summed E-state index contributed by atoms with van der Waals surface area (Å²) >= 11 is 0. The highest BCUT2D eigenvalue weighted by Crippen LogP contribution is 2.25. The Kier molecular flexibility index (Phi) is 4.34. The van der Waals surface area contributed by atoms with Crippen LogP contribution in [-0.4, -0.2) is 30.8 Å². The summed E-state index contributed by atoms with van der Waals surface area (Å²) in [5.41, 5.74) is 0.490. The summed E-state index contributed by atoms with van der Waals surface area (Å²) in [5, 5.41) is 0.397. The first-order chi connectivity index (χ1) is 12.6. The molecular formula is C19H18N2O4S. The summed E-state index contributed by atoms with van der Waals surface area (Å²) in [7, 11) is -3.56. The van der Waals surface area contributed by atoms with Crippen molar-refractivity contribution >= 4 is 20.9 Å². The van der Waals surface area contributed by atoms with Gasteiger partial charge in [0.15, 0.2) is 0 Å². The Morgan fingerprint density at radius 2 is 1.73 bits per heavy atom. The summed E-state index contributed by atoms with van der Waals surface area (Å²) in [4.78, 5) is 16.7. The molecule has 1 aliphatic rings. The van der Waals surface area contributed by atoms with Gasteiger partial charge in [-0.25, -0.2) is 18.2 Å². The Hall–Kier alpha value is -2.51. The van der Waals surface area contributed by atoms with Gasteiger partial charge in [0.05, 0.1) is 15.8 Å². The van der Waals surface area contributed by atoms with E-state index in [0.717, 1.165) is 19.3 Å². The minimum atomic E-state index is -3.56. The van der Waals surface area contributed by atoms with Gasteiger partial charge < -0.3 is 4.42 Å². The van der Waals surface area contributed by atoms with E-state index in [1.807, 2.05) is 0 Å². The molecule has 0 unspecified atom stereocenters. The van der Waals surface area contributed by atoms with Crippen molar-refractivity contribution in [2.75, 3.05) is 13.1 Å². The van der Waals surface area contributed by atoms with Gasteiger partial charge in [-0.2, -0.15) is 4.31 Å². The van der Waals surface area contributed by atoms with Crippen LogP contribution in [0.2, 0.25) is 0 Å². The maximum atomic E-state index is 12.9. The van der Waals surface area contributed by atoms with Crippen LogP contribution in [0.4, 0.5) is 0 Å². The number of sulfonamides is 1. The average Bonchev–Trinajstić information content (AvgIpc) is 2.69. The summed E-state index contributed by atoms with van der Waals surface area (Å²) in [5.74, 6) is 0.115. The van der Waals surface area contributed by atoms with E-state index in [9.17, 15) is 13.2 Å². The molecule has 26 heavy (non-hydrogen) atoms. The molecule has 3 aromatic rings. The summed E-state index contributed by atoms with van der Waals surface area (Å²) in [6, 6.07) is 13.3. The first kappa shape index (κ1) is 16.9. The number of hydrogen-bond donors (Lipinski definition) is 0. The Morgan fingerprint density at radius 3 is 2.54 bits per heavy atom. The zero-order valence-corrected chi connectivity index (χ0v) is 14.9. The third kappa shape index (κ3) is 3.04. The highest BCUT2D eigenvalue weighted by Gasteiger charge is 2.26. The monoisotopic (exact) mass is 370 g/mol. The Bertz CT molecular complexity index is 1120. The number of para-hydroxylation sites is 1. The molecule has 0 saturated carbocycles. The second kappa shape index (κ2) is 6.66. The van der Waals surface area contributed by atoms with Crippen molar-refractivity contribution in [3.05, 3.63) is 59.0 Å². The minimum absolute atomic E-state index is 0.115. The van der Waals surface area contributed by atoms with E-state index >= 15 is 0 Å². The molecule has 0 aliphatic carbocycles. The Morgan fingerprint density at radius 1 is 0.962 bits per heavy atom. The SMILES string of the molecule is O=c1oc(-c2cccc(S(=O)(=O)N3CCCCC3)c2)nc2ccccc12. The van der Waals surface area contributed by atoms with E-state index in [0.29, 0.717) is 29.6 Å². The molecule has 2 aromatic carbocycles. The zero-order valence-electron chi connectivity index (χ0n) is 14.1. The van der Waals surface area contributed by atoms with Crippen LogP contribution in [0.3, 0.4) is 0 Å². The van der Waals surface area contributed by atoms with Gasteiger partial charge in [-0.3, -0.25) is 0 Å². The minimum Gasteiger partial charge on any atom is -0.403 e. The van der Waals surface area contributed by atoms with Gasteiger partial charge in [0, 0.05) is 18.7 Å². The van der Waals surface area contributed by atoms with Gasteiger partial charge in [-0.1, -0.05) is 24.6 Å². The van der Waals surface area contributed by atoms with Crippen LogP contribution < -0.4 is 5.63 Å². The molecule has 6 nitrogen and oxygen atoms in total. The van der Waals surface area contributed by atoms with Gasteiger partial charge in [-0.05, 0) is 43.2 Å². The third-order valence-electron chi connectivity index (χ3n) is 4.57. The quantitative estimate of drug-likeness (QED) is 0.708. The molecule has 1 saturated heterocycles. The highest BCUT2D eigenvalue weighted by molar-refractivity contribution is 7.89. The van der Waals surface area contributed by atoms with Gasteiger partial charge in [0.1, 0.15) is 0 Å². The fourth-order valence-electron chi connectivity index (χ4n) is 3.19. The topological polar surface area (TPSA) is 80.5 Å². The summed E-state index contributed by atoms with van der Waals surface area (Å²) < 4.78 is 32.6. The second-order valence-corrected chi connectivity index (χ2v) is 8.25. The van der Waals surface area contributed by atoms with Crippen LogP contribution in [0.25, 0.3) is 22.4 Å². The molecular weight excluding hydrogens is 352 g/mol. The second-order valence-electron chi connectivity index (χ2n) is 6.32. The van der Waals surface area contributed by atoms with Crippen LogP contribution >= 0.6 is 0 Å². The molecule has 0 spiro atoms. The number of hydrogen-bond acceptors (Lipinski definition) is 5. The van der Waals surface area contributed by atoms with E-state index in [4.69, 9.17) is 4.42 Å². The maximum Gasteiger partial charge on any atom is 0.347 e. The van der Waals surface area contributed by atoms with Crippen LogP contribution in [0.5, 0.6) is 0 Å². The largest absolute Gasteiger partial charge is 0.403 e. The smallest absolute Gasteiger partial charge is 0.347 e. The molecule has 1 aromatic heterocycles. The van der Waals surface area contributed by atoms with Gasteiger partial charge >= 0.3 is 5.63 Å². The van der Waals surface area contributed by atoms with Gasteiger partial charge in [0.25, 0.3) is 0 Å². The lowest BCUT2D eigenvalue weighted by Crippen LogP contribution is -2.35. The van der Waals surface area contributed by atoms with Crippen molar-refractivity contribution in [1.82, 2.24) is 9.29 Å². The third-order valence-corrected chi connectivity index (χ3v) is 6.46. The lowest BCUT2D eigenvalue weighted by atomic mass is 10.2. The predicted octanol–water partition coefficient (Wildman–Crippen LogP) is 3.03. The van der Waals surface area contributed by atoms with Crippen molar-refractivity contribution in [2.24, 2.45) is 0 Å². The predicted molar refractivity (Wildman–Crippen MR) is 98.3 cm³/mol. The molecule has 134 valence electrons. The molecule has 4 rings (SSSR count). The summed E-state index contributed by atoms with van der Waals surface area (Å²) in [6.07, 6.45) is 2.80. The first-order valence-corrected chi connectivity index (χ1v) is 10.0. The molecule has 0 bridgehead atoms. The number of nitrogens with zero attached hydrogens (tertiary/aromatic N) is 2. The normalized spacial score (nSPS) is 16.0. The molecule has 1 fully saturated rings. The number of piperidine rings is 1. The average molecular weight is 370 g/mol. The highest BCUT2D eigenvalue weighted by atomic mass is 32.2. The van der Waals surface area contributed by atoms with Crippen LogP contribution in [-0.2, 0) is 10.0 Å². The number of benzene rings is 2. The van der Waals surface area contributed by atoms with Crippen molar-refractivity contribution in [3.63, 3.8) is 0 Å². The van der Waals surface area contributed by atoms with Gasteiger partial charge in [0.2, 0.25) is 15.9 Å². The molecule has 2 heterocycles. The number of aromatic nitrogens is 1. The Labute approximate surface area is 151 Å². The fraction of sp³-hybridized carbons (Fsp3) is 0.263. The number of fused-ring (bicyclic) bond motifs is 1. The Balaban J connectivity index is 1.78. The first-order valence-electron chi connectivity index (χ1n) is 8.56. The molecule has 0 radical (unpaired) electrons. The molecule has 0 amide bonds. The molecule has 0 atom stereocenters. The van der Waals surface area contributed by atoms with Crippen molar-refractivity contribution < 1.29 is 12.8 Å². The van der Waals surface area contributed by atoms with Gasteiger partial charge in [-0.15, -0.1) is 0 Å². The lowest BCUT2D eigenvalue weighted by molar-refractivity contribution is 0.346. The van der Waals surface area contributed by atoms with Crippen molar-refractivity contribution in [2.45, 2.75) is 24.2 Å². The lowest BCUT2D eigenvalue weighted by Gasteiger charge is -2.25. The molecule has 7 heteroatoms. The standard InChI is InChI=1S/C19H18N2O4S/c22-19-16-9-2-3-10-17(16)20-18(25-19)14-7-6-8-15(13-14)26(23,24)21-11-4-1-5-12-21/h2-3,6-10,13H,1,4-5,11-12H2.